The van der Waals surface area contributed by atoms with E-state index in [9.17, 15) is 19.8 Å². The summed E-state index contributed by atoms with van der Waals surface area (Å²) in [6.07, 6.45) is 28.4. The van der Waals surface area contributed by atoms with E-state index in [4.69, 9.17) is 0 Å². The van der Waals surface area contributed by atoms with E-state index in [0.717, 1.165) is 51.9 Å². The number of carbonyl (C=O) groups excluding carboxylic acids is 2. The average molecular weight is 615 g/mol. The number of carboxylic acids is 2. The Morgan fingerprint density at radius 2 is 0.619 bits per heavy atom. The molecule has 0 unspecified atom stereocenters. The van der Waals surface area contributed by atoms with Gasteiger partial charge in [0, 0.05) is 13.1 Å². The average Bonchev–Trinajstić information content (AvgIpc) is 2.90. The fourth-order valence-corrected chi connectivity index (χ4v) is 5.18. The summed E-state index contributed by atoms with van der Waals surface area (Å²) in [6.45, 7) is 12.4. The van der Waals surface area contributed by atoms with Crippen molar-refractivity contribution in [3.05, 3.63) is 0 Å². The summed E-state index contributed by atoms with van der Waals surface area (Å²) in [5, 5.41) is 21.2. The Balaban J connectivity index is -0.000000328. The maximum absolute atomic E-state index is 10.6. The zero-order valence-electron chi connectivity index (χ0n) is 29.3. The zero-order chi connectivity index (χ0) is 30.1. The van der Waals surface area contributed by atoms with Crippen molar-refractivity contribution >= 4 is 11.9 Å². The normalized spacial score (nSPS) is 10.6. The number of nitrogens with zero attached hydrogens (tertiary/aromatic N) is 2. The molecule has 0 aliphatic heterocycles. The van der Waals surface area contributed by atoms with Crippen LogP contribution in [0, 0.1) is 0 Å². The minimum atomic E-state index is -0.953. The van der Waals surface area contributed by atoms with Gasteiger partial charge < -0.3 is 19.8 Å². The first-order valence-electron chi connectivity index (χ1n) is 17.2. The summed E-state index contributed by atoms with van der Waals surface area (Å²) >= 11 is 0. The van der Waals surface area contributed by atoms with Gasteiger partial charge in [-0.1, -0.05) is 143 Å². The standard InChI is InChI=1S/2C17H35NO2.2Na/c2*1-3-5-6-7-8-9-10-11-12-13-15-18(14-4-2)16-17(19)20;;/h2*3-16H2,1-2H3,(H,19,20);;/q;;2*+1/p-2. The van der Waals surface area contributed by atoms with Crippen LogP contribution in [0.25, 0.3) is 0 Å². The molecule has 0 saturated carbocycles. The summed E-state index contributed by atoms with van der Waals surface area (Å²) in [6, 6.07) is 0. The van der Waals surface area contributed by atoms with E-state index in [1.54, 1.807) is 0 Å². The molecule has 8 heteroatoms. The van der Waals surface area contributed by atoms with Crippen LogP contribution in [0.5, 0.6) is 0 Å². The predicted molar refractivity (Wildman–Crippen MR) is 167 cm³/mol. The van der Waals surface area contributed by atoms with Crippen molar-refractivity contribution in [3.63, 3.8) is 0 Å². The summed E-state index contributed by atoms with van der Waals surface area (Å²) < 4.78 is 0. The van der Waals surface area contributed by atoms with E-state index >= 15 is 0 Å². The summed E-state index contributed by atoms with van der Waals surface area (Å²) in [5.74, 6) is -1.91. The monoisotopic (exact) mass is 614 g/mol. The Labute approximate surface area is 306 Å². The van der Waals surface area contributed by atoms with Crippen LogP contribution in [0.15, 0.2) is 0 Å². The smallest absolute Gasteiger partial charge is 0.549 e. The van der Waals surface area contributed by atoms with E-state index in [0.29, 0.717) is 0 Å². The van der Waals surface area contributed by atoms with E-state index in [1.807, 2.05) is 9.80 Å². The molecule has 6 nitrogen and oxygen atoms in total. The van der Waals surface area contributed by atoms with Gasteiger partial charge in [0.2, 0.25) is 0 Å². The van der Waals surface area contributed by atoms with Crippen molar-refractivity contribution in [1.29, 1.82) is 0 Å². The zero-order valence-corrected chi connectivity index (χ0v) is 33.3. The van der Waals surface area contributed by atoms with Crippen LogP contribution in [0.1, 0.15) is 169 Å². The SMILES string of the molecule is CCCCCCCCCCCCN(CCC)CC(=O)[O-].CCCCCCCCCCCCN(CCC)CC(=O)[O-].[Na+].[Na+]. The number of aliphatic carboxylic acids is 2. The first kappa shape index (κ1) is 49.7. The van der Waals surface area contributed by atoms with E-state index in [1.165, 1.54) is 116 Å². The van der Waals surface area contributed by atoms with E-state index in [2.05, 4.69) is 27.7 Å². The molecule has 0 aromatic rings. The second-order valence-corrected chi connectivity index (χ2v) is 11.7. The Bertz CT molecular complexity index is 496. The van der Waals surface area contributed by atoms with E-state index in [-0.39, 0.29) is 72.2 Å². The number of hydrogen-bond acceptors (Lipinski definition) is 6. The van der Waals surface area contributed by atoms with Crippen LogP contribution in [-0.4, -0.2) is 61.0 Å². The molecule has 0 radical (unpaired) electrons. The molecule has 0 heterocycles. The Morgan fingerprint density at radius 1 is 0.381 bits per heavy atom. The summed E-state index contributed by atoms with van der Waals surface area (Å²) in [7, 11) is 0. The van der Waals surface area contributed by atoms with Crippen molar-refractivity contribution in [3.8, 4) is 0 Å². The third-order valence-corrected chi connectivity index (χ3v) is 7.44. The molecule has 0 atom stereocenters. The minimum Gasteiger partial charge on any atom is -0.549 e. The largest absolute Gasteiger partial charge is 1.00 e. The summed E-state index contributed by atoms with van der Waals surface area (Å²) in [4.78, 5) is 25.2. The van der Waals surface area contributed by atoms with Gasteiger partial charge in [-0.3, -0.25) is 9.80 Å². The van der Waals surface area contributed by atoms with Crippen LogP contribution in [0.4, 0.5) is 0 Å². The van der Waals surface area contributed by atoms with Gasteiger partial charge in [-0.15, -0.1) is 0 Å². The van der Waals surface area contributed by atoms with Crippen molar-refractivity contribution in [1.82, 2.24) is 9.80 Å². The molecule has 0 bridgehead atoms. The van der Waals surface area contributed by atoms with Crippen LogP contribution in [0.3, 0.4) is 0 Å². The Hall–Kier alpha value is 0.860. The van der Waals surface area contributed by atoms with Gasteiger partial charge in [-0.25, -0.2) is 0 Å². The third-order valence-electron chi connectivity index (χ3n) is 7.44. The fourth-order valence-electron chi connectivity index (χ4n) is 5.18. The van der Waals surface area contributed by atoms with Crippen molar-refractivity contribution in [2.24, 2.45) is 0 Å². The molecular weight excluding hydrogens is 546 g/mol. The molecule has 0 rings (SSSR count). The molecule has 0 spiro atoms. The minimum absolute atomic E-state index is 0. The van der Waals surface area contributed by atoms with Gasteiger partial charge in [-0.05, 0) is 51.9 Å². The molecule has 0 amide bonds. The first-order chi connectivity index (χ1) is 19.4. The van der Waals surface area contributed by atoms with Gasteiger partial charge in [-0.2, -0.15) is 0 Å². The molecule has 0 aromatic heterocycles. The van der Waals surface area contributed by atoms with Crippen molar-refractivity contribution < 1.29 is 78.9 Å². The number of rotatable bonds is 30. The molecule has 0 aliphatic rings. The second-order valence-electron chi connectivity index (χ2n) is 11.7. The van der Waals surface area contributed by atoms with E-state index < -0.39 is 11.9 Å². The number of unbranched alkanes of at least 4 members (excludes halogenated alkanes) is 18. The van der Waals surface area contributed by atoms with Crippen LogP contribution < -0.4 is 69.3 Å². The third kappa shape index (κ3) is 43.0. The molecule has 42 heavy (non-hydrogen) atoms. The molecule has 0 fully saturated rings. The fraction of sp³-hybridized carbons (Fsp3) is 0.941. The van der Waals surface area contributed by atoms with Gasteiger partial charge >= 0.3 is 59.1 Å². The topological polar surface area (TPSA) is 86.7 Å². The first-order valence-corrected chi connectivity index (χ1v) is 17.2. The van der Waals surface area contributed by atoms with Crippen molar-refractivity contribution in [2.75, 3.05) is 39.3 Å². The Kier molecular flexibility index (Phi) is 49.6. The quantitative estimate of drug-likeness (QED) is 0.0877. The van der Waals surface area contributed by atoms with Crippen LogP contribution in [0.2, 0.25) is 0 Å². The maximum atomic E-state index is 10.6. The number of carboxylic acid groups (broad SMARTS) is 2. The molecule has 0 aromatic carbocycles. The van der Waals surface area contributed by atoms with Gasteiger partial charge in [0.05, 0.1) is 11.9 Å². The van der Waals surface area contributed by atoms with Gasteiger partial charge in [0.1, 0.15) is 0 Å². The molecule has 240 valence electrons. The molecule has 0 aliphatic carbocycles. The molecule has 0 saturated heterocycles. The number of hydrogen-bond donors (Lipinski definition) is 0. The summed E-state index contributed by atoms with van der Waals surface area (Å²) in [5.41, 5.74) is 0. The molecule has 0 N–H and O–H groups in total. The van der Waals surface area contributed by atoms with Crippen LogP contribution >= 0.6 is 0 Å². The maximum Gasteiger partial charge on any atom is 1.00 e. The number of carbonyl (C=O) groups is 2. The molecular formula is C34H68N2Na2O4. The second kappa shape index (κ2) is 41.9. The van der Waals surface area contributed by atoms with Gasteiger partial charge in [0.25, 0.3) is 0 Å². The predicted octanol–water partition coefficient (Wildman–Crippen LogP) is 0.746. The van der Waals surface area contributed by atoms with Crippen molar-refractivity contribution in [2.45, 2.75) is 169 Å². The van der Waals surface area contributed by atoms with Gasteiger partial charge in [0.15, 0.2) is 0 Å². The van der Waals surface area contributed by atoms with Crippen LogP contribution in [-0.2, 0) is 9.59 Å². The Morgan fingerprint density at radius 3 is 0.833 bits per heavy atom.